The van der Waals surface area contributed by atoms with Crippen molar-refractivity contribution in [3.8, 4) is 0 Å². The number of hydrogen-bond acceptors (Lipinski definition) is 4. The van der Waals surface area contributed by atoms with Crippen molar-refractivity contribution in [2.75, 3.05) is 0 Å². The van der Waals surface area contributed by atoms with Gasteiger partial charge in [-0.1, -0.05) is 30.3 Å². The van der Waals surface area contributed by atoms with Gasteiger partial charge in [0, 0.05) is 6.07 Å². The molecule has 0 spiro atoms. The average molecular weight is 374 g/mol. The lowest BCUT2D eigenvalue weighted by Crippen LogP contribution is -2.47. The molecule has 0 saturated heterocycles. The molecule has 142 valence electrons. The number of ketones is 1. The van der Waals surface area contributed by atoms with Gasteiger partial charge in [-0.3, -0.25) is 25.0 Å². The second-order valence-corrected chi connectivity index (χ2v) is 6.21. The highest BCUT2D eigenvalue weighted by Crippen LogP contribution is 2.14. The fourth-order valence-electron chi connectivity index (χ4n) is 2.61. The first-order valence-corrected chi connectivity index (χ1v) is 8.36. The van der Waals surface area contributed by atoms with Crippen LogP contribution in [0.15, 0.2) is 48.5 Å². The molecule has 1 unspecified atom stereocenters. The summed E-state index contributed by atoms with van der Waals surface area (Å²) in [6.45, 7) is 2.92. The smallest absolute Gasteiger partial charge is 0.243 e. The van der Waals surface area contributed by atoms with Crippen LogP contribution in [0.2, 0.25) is 0 Å². The van der Waals surface area contributed by atoms with Gasteiger partial charge in [-0.05, 0) is 37.1 Å². The molecule has 0 aromatic heterocycles. The van der Waals surface area contributed by atoms with Crippen molar-refractivity contribution in [1.82, 2.24) is 10.6 Å². The number of nitrogens with one attached hydrogen (secondary N) is 2. The molecule has 0 aliphatic carbocycles. The maximum absolute atomic E-state index is 13.2. The summed E-state index contributed by atoms with van der Waals surface area (Å²) < 4.78 is 26.3. The van der Waals surface area contributed by atoms with E-state index in [0.29, 0.717) is 11.6 Å². The molecular formula is C20H20F2N2O3. The van der Waals surface area contributed by atoms with E-state index < -0.39 is 35.5 Å². The van der Waals surface area contributed by atoms with Crippen molar-refractivity contribution in [3.05, 3.63) is 71.3 Å². The third kappa shape index (κ3) is 6.07. The first-order chi connectivity index (χ1) is 12.8. The third-order valence-corrected chi connectivity index (χ3v) is 3.90. The Kier molecular flexibility index (Phi) is 6.90. The molecule has 0 aliphatic heterocycles. The van der Waals surface area contributed by atoms with E-state index in [1.54, 1.807) is 24.3 Å². The average Bonchev–Trinajstić information content (AvgIpc) is 2.58. The van der Waals surface area contributed by atoms with Crippen molar-refractivity contribution in [1.29, 1.82) is 0 Å². The van der Waals surface area contributed by atoms with Crippen LogP contribution in [0.25, 0.3) is 0 Å². The standard InChI is InChI=1S/C20H20F2N2O3/c1-12(23-19(13(2)25)15-6-4-3-5-7-15)20(27)24-18(26)10-14-8-16(21)11-17(22)9-14/h3-9,11-12,19,23H,10H2,1-2H3,(H,24,26,27)/t12-,19?/m0/s1. The van der Waals surface area contributed by atoms with Gasteiger partial charge in [-0.25, -0.2) is 8.78 Å². The number of Topliss-reactive ketones (excluding diaryl/α,β-unsaturated/α-hetero) is 1. The quantitative estimate of drug-likeness (QED) is 0.781. The van der Waals surface area contributed by atoms with Crippen LogP contribution in [-0.2, 0) is 20.8 Å². The molecule has 0 heterocycles. The van der Waals surface area contributed by atoms with Gasteiger partial charge in [0.2, 0.25) is 11.8 Å². The Morgan fingerprint density at radius 1 is 1.00 bits per heavy atom. The topological polar surface area (TPSA) is 75.3 Å². The van der Waals surface area contributed by atoms with Gasteiger partial charge in [0.05, 0.1) is 18.5 Å². The van der Waals surface area contributed by atoms with E-state index in [1.807, 2.05) is 6.07 Å². The van der Waals surface area contributed by atoms with Crippen LogP contribution in [0.3, 0.4) is 0 Å². The van der Waals surface area contributed by atoms with Crippen LogP contribution in [-0.4, -0.2) is 23.6 Å². The van der Waals surface area contributed by atoms with Crippen LogP contribution in [0, 0.1) is 11.6 Å². The van der Waals surface area contributed by atoms with Crippen molar-refractivity contribution >= 4 is 17.6 Å². The zero-order valence-electron chi connectivity index (χ0n) is 15.0. The first-order valence-electron chi connectivity index (χ1n) is 8.36. The lowest BCUT2D eigenvalue weighted by atomic mass is 10.0. The molecule has 2 amide bonds. The summed E-state index contributed by atoms with van der Waals surface area (Å²) in [7, 11) is 0. The maximum atomic E-state index is 13.2. The van der Waals surface area contributed by atoms with E-state index in [2.05, 4.69) is 10.6 Å². The molecule has 7 heteroatoms. The molecule has 2 aromatic carbocycles. The van der Waals surface area contributed by atoms with E-state index in [1.165, 1.54) is 13.8 Å². The van der Waals surface area contributed by atoms with Crippen LogP contribution in [0.5, 0.6) is 0 Å². The molecule has 2 aromatic rings. The number of carbonyl (C=O) groups excluding carboxylic acids is 3. The van der Waals surface area contributed by atoms with Gasteiger partial charge in [0.1, 0.15) is 11.6 Å². The van der Waals surface area contributed by atoms with Crippen LogP contribution < -0.4 is 10.6 Å². The minimum absolute atomic E-state index is 0.115. The molecule has 5 nitrogen and oxygen atoms in total. The zero-order chi connectivity index (χ0) is 20.0. The van der Waals surface area contributed by atoms with Gasteiger partial charge >= 0.3 is 0 Å². The Morgan fingerprint density at radius 3 is 2.15 bits per heavy atom. The van der Waals surface area contributed by atoms with E-state index in [9.17, 15) is 23.2 Å². The second-order valence-electron chi connectivity index (χ2n) is 6.21. The third-order valence-electron chi connectivity index (χ3n) is 3.90. The molecule has 0 fully saturated rings. The summed E-state index contributed by atoms with van der Waals surface area (Å²) in [5.41, 5.74) is 0.815. The predicted molar refractivity (Wildman–Crippen MR) is 95.7 cm³/mol. The molecule has 2 N–H and O–H groups in total. The highest BCUT2D eigenvalue weighted by molar-refractivity contribution is 5.98. The Hall–Kier alpha value is -2.93. The first kappa shape index (κ1) is 20.4. The van der Waals surface area contributed by atoms with Crippen molar-refractivity contribution in [3.63, 3.8) is 0 Å². The van der Waals surface area contributed by atoms with Gasteiger partial charge < -0.3 is 0 Å². The summed E-state index contributed by atoms with van der Waals surface area (Å²) in [6, 6.07) is 10.1. The van der Waals surface area contributed by atoms with Crippen LogP contribution in [0.4, 0.5) is 8.78 Å². The molecule has 0 saturated carbocycles. The highest BCUT2D eigenvalue weighted by Gasteiger charge is 2.23. The van der Waals surface area contributed by atoms with Crippen molar-refractivity contribution < 1.29 is 23.2 Å². The number of amides is 2. The predicted octanol–water partition coefficient (Wildman–Crippen LogP) is 2.46. The Bertz CT molecular complexity index is 820. The van der Waals surface area contributed by atoms with E-state index in [0.717, 1.165) is 12.1 Å². The summed E-state index contributed by atoms with van der Waals surface area (Å²) in [5.74, 6) is -3.11. The SMILES string of the molecule is CC(=O)C(N[C@@H](C)C(=O)NC(=O)Cc1cc(F)cc(F)c1)c1ccccc1. The number of rotatable bonds is 7. The van der Waals surface area contributed by atoms with E-state index in [-0.39, 0.29) is 17.8 Å². The van der Waals surface area contributed by atoms with Gasteiger partial charge in [0.25, 0.3) is 0 Å². The minimum Gasteiger partial charge on any atom is -0.298 e. The molecule has 2 atom stereocenters. The lowest BCUT2D eigenvalue weighted by Gasteiger charge is -2.21. The van der Waals surface area contributed by atoms with E-state index >= 15 is 0 Å². The Balaban J connectivity index is 1.97. The van der Waals surface area contributed by atoms with Crippen molar-refractivity contribution in [2.24, 2.45) is 0 Å². The monoisotopic (exact) mass is 374 g/mol. The molecule has 0 aliphatic rings. The number of benzene rings is 2. The number of imide groups is 1. The minimum atomic E-state index is -0.840. The van der Waals surface area contributed by atoms with Crippen LogP contribution >= 0.6 is 0 Å². The fourth-order valence-corrected chi connectivity index (χ4v) is 2.61. The summed E-state index contributed by atoms with van der Waals surface area (Å²) in [4.78, 5) is 36.1. The van der Waals surface area contributed by atoms with Crippen molar-refractivity contribution in [2.45, 2.75) is 32.4 Å². The summed E-state index contributed by atoms with van der Waals surface area (Å²) in [5, 5.41) is 5.05. The van der Waals surface area contributed by atoms with Gasteiger partial charge in [-0.2, -0.15) is 0 Å². The second kappa shape index (κ2) is 9.14. The molecule has 0 radical (unpaired) electrons. The number of hydrogen-bond donors (Lipinski definition) is 2. The zero-order valence-corrected chi connectivity index (χ0v) is 15.0. The summed E-state index contributed by atoms with van der Waals surface area (Å²) >= 11 is 0. The molecule has 0 bridgehead atoms. The maximum Gasteiger partial charge on any atom is 0.243 e. The summed E-state index contributed by atoms with van der Waals surface area (Å²) in [6.07, 6.45) is -0.345. The lowest BCUT2D eigenvalue weighted by molar-refractivity contribution is -0.131. The van der Waals surface area contributed by atoms with E-state index in [4.69, 9.17) is 0 Å². The molecule has 27 heavy (non-hydrogen) atoms. The molecule has 2 rings (SSSR count). The Morgan fingerprint density at radius 2 is 1.59 bits per heavy atom. The Labute approximate surface area is 155 Å². The molecular weight excluding hydrogens is 354 g/mol. The number of carbonyl (C=O) groups is 3. The largest absolute Gasteiger partial charge is 0.298 e. The van der Waals surface area contributed by atoms with Gasteiger partial charge in [-0.15, -0.1) is 0 Å². The number of halogens is 2. The fraction of sp³-hybridized carbons (Fsp3) is 0.250. The van der Waals surface area contributed by atoms with Crippen LogP contribution in [0.1, 0.15) is 31.0 Å². The van der Waals surface area contributed by atoms with Gasteiger partial charge in [0.15, 0.2) is 5.78 Å². The highest BCUT2D eigenvalue weighted by atomic mass is 19.1. The normalized spacial score (nSPS) is 12.9.